The summed E-state index contributed by atoms with van der Waals surface area (Å²) in [7, 11) is 0. The third-order valence-corrected chi connectivity index (χ3v) is 3.30. The number of hydrogen-bond donors (Lipinski definition) is 1. The van der Waals surface area contributed by atoms with E-state index >= 15 is 0 Å². The minimum absolute atomic E-state index is 0.0960. The third-order valence-electron chi connectivity index (χ3n) is 2.99. The fourth-order valence-electron chi connectivity index (χ4n) is 1.77. The van der Waals surface area contributed by atoms with Gasteiger partial charge in [-0.05, 0) is 41.8 Å². The Hall–Kier alpha value is -1.80. The predicted octanol–water partition coefficient (Wildman–Crippen LogP) is 4.24. The number of carbonyl (C=O) groups is 1. The zero-order valence-electron chi connectivity index (χ0n) is 10.8. The number of nitrogens with one attached hydrogen (secondary N) is 1. The van der Waals surface area contributed by atoms with Gasteiger partial charge >= 0.3 is 0 Å². The van der Waals surface area contributed by atoms with Crippen LogP contribution in [0.3, 0.4) is 0 Å². The summed E-state index contributed by atoms with van der Waals surface area (Å²) >= 11 is 5.72. The van der Waals surface area contributed by atoms with Crippen molar-refractivity contribution < 1.29 is 4.79 Å². The Morgan fingerprint density at radius 3 is 2.11 bits per heavy atom. The molecule has 2 rings (SSSR count). The molecule has 2 aromatic carbocycles. The molecule has 2 aromatic rings. The van der Waals surface area contributed by atoms with Crippen molar-refractivity contribution in [3.63, 3.8) is 0 Å². The molecule has 0 bridgehead atoms. The molecule has 0 aliphatic carbocycles. The second-order valence-corrected chi connectivity index (χ2v) is 4.60. The van der Waals surface area contributed by atoms with E-state index in [0.717, 1.165) is 17.7 Å². The first-order valence-corrected chi connectivity index (χ1v) is 6.81. The standard InChI is InChI=1S/C16H16ClNO/c1-2-12-3-7-14(8-4-12)16(19)18-15-9-5-13(11-17)6-10-15/h3-10H,2,11H2,1H3,(H,18,19). The Morgan fingerprint density at radius 2 is 1.58 bits per heavy atom. The average molecular weight is 274 g/mol. The maximum atomic E-state index is 12.0. The molecule has 19 heavy (non-hydrogen) atoms. The van der Waals surface area contributed by atoms with Crippen LogP contribution in [0.25, 0.3) is 0 Å². The summed E-state index contributed by atoms with van der Waals surface area (Å²) in [6.45, 7) is 2.09. The highest BCUT2D eigenvalue weighted by Gasteiger charge is 2.05. The van der Waals surface area contributed by atoms with Gasteiger partial charge in [-0.3, -0.25) is 4.79 Å². The molecule has 0 heterocycles. The van der Waals surface area contributed by atoms with Gasteiger partial charge in [-0.2, -0.15) is 0 Å². The van der Waals surface area contributed by atoms with Gasteiger partial charge < -0.3 is 5.32 Å². The first-order chi connectivity index (χ1) is 9.22. The highest BCUT2D eigenvalue weighted by molar-refractivity contribution is 6.17. The van der Waals surface area contributed by atoms with E-state index in [-0.39, 0.29) is 5.91 Å². The Kier molecular flexibility index (Phi) is 4.58. The van der Waals surface area contributed by atoms with Crippen LogP contribution in [0.4, 0.5) is 5.69 Å². The van der Waals surface area contributed by atoms with Gasteiger partial charge in [0.2, 0.25) is 0 Å². The molecule has 0 atom stereocenters. The first kappa shape index (κ1) is 13.6. The topological polar surface area (TPSA) is 29.1 Å². The van der Waals surface area contributed by atoms with E-state index in [4.69, 9.17) is 11.6 Å². The molecule has 0 saturated carbocycles. The Balaban J connectivity index is 2.06. The SMILES string of the molecule is CCc1ccc(C(=O)Nc2ccc(CCl)cc2)cc1. The van der Waals surface area contributed by atoms with Crippen molar-refractivity contribution >= 4 is 23.2 Å². The molecule has 0 aromatic heterocycles. The molecular formula is C16H16ClNO. The summed E-state index contributed by atoms with van der Waals surface area (Å²) in [6.07, 6.45) is 0.974. The van der Waals surface area contributed by atoms with Gasteiger partial charge in [-0.15, -0.1) is 11.6 Å². The van der Waals surface area contributed by atoms with Gasteiger partial charge in [0.1, 0.15) is 0 Å². The van der Waals surface area contributed by atoms with E-state index in [9.17, 15) is 4.79 Å². The van der Waals surface area contributed by atoms with Crippen molar-refractivity contribution in [2.24, 2.45) is 0 Å². The highest BCUT2D eigenvalue weighted by atomic mass is 35.5. The van der Waals surface area contributed by atoms with Crippen molar-refractivity contribution in [2.45, 2.75) is 19.2 Å². The van der Waals surface area contributed by atoms with E-state index in [1.165, 1.54) is 5.56 Å². The lowest BCUT2D eigenvalue weighted by Crippen LogP contribution is -2.11. The van der Waals surface area contributed by atoms with Crippen LogP contribution in [-0.4, -0.2) is 5.91 Å². The molecule has 1 N–H and O–H groups in total. The number of benzene rings is 2. The first-order valence-electron chi connectivity index (χ1n) is 6.28. The lowest BCUT2D eigenvalue weighted by molar-refractivity contribution is 0.102. The quantitative estimate of drug-likeness (QED) is 0.830. The monoisotopic (exact) mass is 273 g/mol. The summed E-state index contributed by atoms with van der Waals surface area (Å²) < 4.78 is 0. The molecule has 0 saturated heterocycles. The summed E-state index contributed by atoms with van der Waals surface area (Å²) in [5, 5.41) is 2.86. The van der Waals surface area contributed by atoms with Crippen molar-refractivity contribution in [3.8, 4) is 0 Å². The number of hydrogen-bond acceptors (Lipinski definition) is 1. The summed E-state index contributed by atoms with van der Waals surface area (Å²) in [6, 6.07) is 15.2. The van der Waals surface area contributed by atoms with Gasteiger partial charge in [0.25, 0.3) is 5.91 Å². The van der Waals surface area contributed by atoms with Gasteiger partial charge in [-0.1, -0.05) is 31.2 Å². The smallest absolute Gasteiger partial charge is 0.255 e. The van der Waals surface area contributed by atoms with E-state index in [0.29, 0.717) is 11.4 Å². The van der Waals surface area contributed by atoms with Gasteiger partial charge in [0.15, 0.2) is 0 Å². The maximum absolute atomic E-state index is 12.0. The van der Waals surface area contributed by atoms with Crippen LogP contribution < -0.4 is 5.32 Å². The molecule has 0 unspecified atom stereocenters. The second-order valence-electron chi connectivity index (χ2n) is 4.34. The third kappa shape index (κ3) is 3.58. The van der Waals surface area contributed by atoms with Gasteiger partial charge in [-0.25, -0.2) is 0 Å². The molecule has 0 fully saturated rings. The van der Waals surface area contributed by atoms with Crippen LogP contribution in [0.5, 0.6) is 0 Å². The van der Waals surface area contributed by atoms with Crippen molar-refractivity contribution in [1.82, 2.24) is 0 Å². The van der Waals surface area contributed by atoms with E-state index < -0.39 is 0 Å². The van der Waals surface area contributed by atoms with Crippen LogP contribution in [0, 0.1) is 0 Å². The minimum Gasteiger partial charge on any atom is -0.322 e. The highest BCUT2D eigenvalue weighted by Crippen LogP contribution is 2.13. The van der Waals surface area contributed by atoms with Crippen LogP contribution >= 0.6 is 11.6 Å². The molecule has 98 valence electrons. The fourth-order valence-corrected chi connectivity index (χ4v) is 1.95. The molecule has 0 radical (unpaired) electrons. The number of anilines is 1. The summed E-state index contributed by atoms with van der Waals surface area (Å²) in [5.41, 5.74) is 3.70. The van der Waals surface area contributed by atoms with Crippen LogP contribution in [0.15, 0.2) is 48.5 Å². The molecule has 0 aliphatic heterocycles. The second kappa shape index (κ2) is 6.39. The van der Waals surface area contributed by atoms with Crippen LogP contribution in [0.2, 0.25) is 0 Å². The number of alkyl halides is 1. The fraction of sp³-hybridized carbons (Fsp3) is 0.188. The van der Waals surface area contributed by atoms with Gasteiger partial charge in [0.05, 0.1) is 0 Å². The van der Waals surface area contributed by atoms with E-state index in [2.05, 4.69) is 12.2 Å². The van der Waals surface area contributed by atoms with E-state index in [1.807, 2.05) is 48.5 Å². The van der Waals surface area contributed by atoms with Crippen LogP contribution in [-0.2, 0) is 12.3 Å². The van der Waals surface area contributed by atoms with Crippen LogP contribution in [0.1, 0.15) is 28.4 Å². The zero-order valence-corrected chi connectivity index (χ0v) is 11.6. The number of halogens is 1. The summed E-state index contributed by atoms with van der Waals surface area (Å²) in [5.74, 6) is 0.383. The molecule has 3 heteroatoms. The molecule has 2 nitrogen and oxygen atoms in total. The normalized spacial score (nSPS) is 10.2. The van der Waals surface area contributed by atoms with Crippen molar-refractivity contribution in [2.75, 3.05) is 5.32 Å². The Morgan fingerprint density at radius 1 is 1.00 bits per heavy atom. The zero-order chi connectivity index (χ0) is 13.7. The van der Waals surface area contributed by atoms with E-state index in [1.54, 1.807) is 0 Å². The lowest BCUT2D eigenvalue weighted by atomic mass is 10.1. The molecular weight excluding hydrogens is 258 g/mol. The lowest BCUT2D eigenvalue weighted by Gasteiger charge is -2.06. The molecule has 0 aliphatic rings. The number of amides is 1. The largest absolute Gasteiger partial charge is 0.322 e. The molecule has 0 spiro atoms. The van der Waals surface area contributed by atoms with Gasteiger partial charge in [0, 0.05) is 17.1 Å². The maximum Gasteiger partial charge on any atom is 0.255 e. The Bertz CT molecular complexity index is 546. The van der Waals surface area contributed by atoms with Crippen molar-refractivity contribution in [3.05, 3.63) is 65.2 Å². The average Bonchev–Trinajstić information content (AvgIpc) is 2.48. The number of aryl methyl sites for hydroxylation is 1. The number of rotatable bonds is 4. The summed E-state index contributed by atoms with van der Waals surface area (Å²) in [4.78, 5) is 12.0. The Labute approximate surface area is 118 Å². The number of carbonyl (C=O) groups excluding carboxylic acids is 1. The molecule has 1 amide bonds. The predicted molar refractivity (Wildman–Crippen MR) is 79.8 cm³/mol. The minimum atomic E-state index is -0.0960. The van der Waals surface area contributed by atoms with Crippen molar-refractivity contribution in [1.29, 1.82) is 0 Å².